The number of benzene rings is 2. The van der Waals surface area contributed by atoms with Crippen LogP contribution in [0.3, 0.4) is 0 Å². The maximum atomic E-state index is 13.2. The number of anilines is 1. The Hall–Kier alpha value is -3.99. The van der Waals surface area contributed by atoms with Crippen molar-refractivity contribution in [2.75, 3.05) is 11.1 Å². The lowest BCUT2D eigenvalue weighted by molar-refractivity contribution is -0.384. The number of amides is 1. The highest BCUT2D eigenvalue weighted by molar-refractivity contribution is 7.99. The molecule has 1 unspecified atom stereocenters. The van der Waals surface area contributed by atoms with Gasteiger partial charge in [-0.15, -0.1) is 0 Å². The summed E-state index contributed by atoms with van der Waals surface area (Å²) in [5.74, 6) is 0.255. The number of hydrogen-bond donors (Lipinski definition) is 1. The molecule has 2 aromatic heterocycles. The van der Waals surface area contributed by atoms with Crippen LogP contribution in [0.1, 0.15) is 12.5 Å². The number of hydrogen-bond acceptors (Lipinski definition) is 7. The summed E-state index contributed by atoms with van der Waals surface area (Å²) in [6, 6.07) is 14.7. The quantitative estimate of drug-likeness (QED) is 0.282. The van der Waals surface area contributed by atoms with Gasteiger partial charge in [0.05, 0.1) is 22.8 Å². The Morgan fingerprint density at radius 3 is 2.66 bits per heavy atom. The van der Waals surface area contributed by atoms with Crippen molar-refractivity contribution in [1.29, 1.82) is 0 Å². The topological polar surface area (TPSA) is 125 Å². The summed E-state index contributed by atoms with van der Waals surface area (Å²) in [5, 5.41) is 18.8. The number of thioether (sulfide) groups is 1. The average molecular weight is 448 g/mol. The van der Waals surface area contributed by atoms with E-state index in [0.29, 0.717) is 27.6 Å². The molecular formula is C21H16N6O4S. The first-order valence-electron chi connectivity index (χ1n) is 9.74. The molecule has 1 N–H and O–H groups in total. The average Bonchev–Trinajstić information content (AvgIpc) is 3.40. The molecule has 160 valence electrons. The van der Waals surface area contributed by atoms with Gasteiger partial charge in [0.25, 0.3) is 11.2 Å². The molecule has 0 aliphatic carbocycles. The lowest BCUT2D eigenvalue weighted by Crippen LogP contribution is -2.27. The van der Waals surface area contributed by atoms with Crippen LogP contribution in [-0.4, -0.2) is 35.9 Å². The molecule has 32 heavy (non-hydrogen) atoms. The minimum absolute atomic E-state index is 0.0539. The Balaban J connectivity index is 1.39. The molecule has 4 aromatic rings. The van der Waals surface area contributed by atoms with Crippen LogP contribution in [0.4, 0.5) is 11.4 Å². The zero-order valence-corrected chi connectivity index (χ0v) is 17.4. The van der Waals surface area contributed by atoms with Crippen molar-refractivity contribution in [3.8, 4) is 5.69 Å². The highest BCUT2D eigenvalue weighted by atomic mass is 32.2. The smallest absolute Gasteiger partial charge is 0.269 e. The fraction of sp³-hybridized carbons (Fsp3) is 0.143. The molecule has 3 heterocycles. The number of nitrogens with one attached hydrogen (secondary N) is 1. The lowest BCUT2D eigenvalue weighted by atomic mass is 10.2. The first-order chi connectivity index (χ1) is 15.5. The van der Waals surface area contributed by atoms with E-state index in [0.717, 1.165) is 5.69 Å². The fourth-order valence-corrected chi connectivity index (χ4v) is 4.76. The molecule has 2 aromatic carbocycles. The van der Waals surface area contributed by atoms with E-state index >= 15 is 0 Å². The van der Waals surface area contributed by atoms with Crippen molar-refractivity contribution in [3.05, 3.63) is 81.3 Å². The molecule has 11 heteroatoms. The van der Waals surface area contributed by atoms with E-state index in [2.05, 4.69) is 15.4 Å². The molecule has 1 aliphatic heterocycles. The third-order valence-corrected chi connectivity index (χ3v) is 6.25. The molecular weight excluding hydrogens is 432 g/mol. The first kappa shape index (κ1) is 19.9. The van der Waals surface area contributed by atoms with E-state index in [9.17, 15) is 19.7 Å². The second kappa shape index (κ2) is 7.93. The predicted molar refractivity (Wildman–Crippen MR) is 119 cm³/mol. The number of carbonyl (C=O) groups excluding carboxylic acids is 1. The van der Waals surface area contributed by atoms with E-state index in [4.69, 9.17) is 0 Å². The van der Waals surface area contributed by atoms with Crippen molar-refractivity contribution in [3.63, 3.8) is 0 Å². The maximum Gasteiger partial charge on any atom is 0.269 e. The predicted octanol–water partition coefficient (Wildman–Crippen LogP) is 3.17. The van der Waals surface area contributed by atoms with Crippen LogP contribution in [-0.2, 0) is 4.79 Å². The Kier molecular flexibility index (Phi) is 4.94. The van der Waals surface area contributed by atoms with E-state index in [1.165, 1.54) is 42.2 Å². The monoisotopic (exact) mass is 448 g/mol. The summed E-state index contributed by atoms with van der Waals surface area (Å²) >= 11 is 1.42. The Morgan fingerprint density at radius 1 is 1.19 bits per heavy atom. The van der Waals surface area contributed by atoms with Crippen molar-refractivity contribution >= 4 is 40.1 Å². The molecule has 1 amide bonds. The summed E-state index contributed by atoms with van der Waals surface area (Å²) in [4.78, 5) is 40.6. The number of nitro groups is 1. The summed E-state index contributed by atoms with van der Waals surface area (Å²) < 4.78 is 3.19. The summed E-state index contributed by atoms with van der Waals surface area (Å²) in [6.07, 6.45) is 1.58. The van der Waals surface area contributed by atoms with Crippen molar-refractivity contribution in [2.24, 2.45) is 0 Å². The number of para-hydroxylation sites is 1. The van der Waals surface area contributed by atoms with Gasteiger partial charge in [-0.05, 0) is 24.3 Å². The lowest BCUT2D eigenvalue weighted by Gasteiger charge is -2.13. The molecule has 1 aliphatic rings. The van der Waals surface area contributed by atoms with Gasteiger partial charge in [-0.1, -0.05) is 30.0 Å². The van der Waals surface area contributed by atoms with E-state index < -0.39 is 4.92 Å². The minimum atomic E-state index is -0.502. The molecule has 0 saturated heterocycles. The molecule has 0 radical (unpaired) electrons. The van der Waals surface area contributed by atoms with Crippen LogP contribution >= 0.6 is 11.8 Å². The van der Waals surface area contributed by atoms with Crippen LogP contribution in [0.2, 0.25) is 0 Å². The number of rotatable bonds is 5. The Labute approximate surface area is 185 Å². The van der Waals surface area contributed by atoms with Gasteiger partial charge >= 0.3 is 0 Å². The Bertz CT molecular complexity index is 1400. The van der Waals surface area contributed by atoms with E-state index in [1.54, 1.807) is 9.25 Å². The molecule has 0 saturated carbocycles. The summed E-state index contributed by atoms with van der Waals surface area (Å²) in [6.45, 7) is 0. The second-order valence-corrected chi connectivity index (χ2v) is 8.21. The van der Waals surface area contributed by atoms with Crippen LogP contribution in [0.15, 0.2) is 70.7 Å². The van der Waals surface area contributed by atoms with E-state index in [1.807, 2.05) is 30.3 Å². The van der Waals surface area contributed by atoms with Gasteiger partial charge in [0.15, 0.2) is 10.8 Å². The number of fused-ring (bicyclic) bond motifs is 2. The van der Waals surface area contributed by atoms with Crippen molar-refractivity contribution in [1.82, 2.24) is 19.3 Å². The van der Waals surface area contributed by atoms with Gasteiger partial charge in [-0.2, -0.15) is 5.10 Å². The minimum Gasteiger partial charge on any atom is -0.326 e. The molecule has 0 fully saturated rings. The van der Waals surface area contributed by atoms with Crippen LogP contribution < -0.4 is 10.9 Å². The third-order valence-electron chi connectivity index (χ3n) is 5.15. The van der Waals surface area contributed by atoms with Crippen LogP contribution in [0, 0.1) is 10.1 Å². The largest absolute Gasteiger partial charge is 0.326 e. The van der Waals surface area contributed by atoms with Gasteiger partial charge < -0.3 is 5.32 Å². The summed E-state index contributed by atoms with van der Waals surface area (Å²) in [5.41, 5.74) is 1.46. The maximum absolute atomic E-state index is 13.2. The SMILES string of the molecule is O=C(CC1CSc2nc3c(cnn3-c3ccccc3)c(=O)n21)Nc1ccc([N+](=O)[O-])cc1. The van der Waals surface area contributed by atoms with Crippen molar-refractivity contribution < 1.29 is 9.72 Å². The standard InChI is InChI=1S/C21H16N6O4S/c28-18(23-13-6-8-15(9-7-13)27(30)31)10-16-12-32-21-24-19-17(20(29)25(16)21)11-22-26(19)14-4-2-1-3-5-14/h1-9,11,16H,10,12H2,(H,23,28). The molecule has 10 nitrogen and oxygen atoms in total. The summed E-state index contributed by atoms with van der Waals surface area (Å²) in [7, 11) is 0. The molecule has 0 spiro atoms. The van der Waals surface area contributed by atoms with Gasteiger partial charge in [-0.25, -0.2) is 9.67 Å². The number of aromatic nitrogens is 4. The van der Waals surface area contributed by atoms with Gasteiger partial charge in [0, 0.05) is 30.0 Å². The van der Waals surface area contributed by atoms with Gasteiger partial charge in [-0.3, -0.25) is 24.3 Å². The second-order valence-electron chi connectivity index (χ2n) is 7.22. The Morgan fingerprint density at radius 2 is 1.94 bits per heavy atom. The van der Waals surface area contributed by atoms with Crippen LogP contribution in [0.25, 0.3) is 16.7 Å². The highest BCUT2D eigenvalue weighted by Crippen LogP contribution is 2.33. The number of non-ortho nitro benzene ring substituents is 1. The number of nitrogens with zero attached hydrogens (tertiary/aromatic N) is 5. The van der Waals surface area contributed by atoms with E-state index in [-0.39, 0.29) is 29.6 Å². The first-order valence-corrected chi connectivity index (χ1v) is 10.7. The molecule has 0 bridgehead atoms. The zero-order valence-electron chi connectivity index (χ0n) is 16.5. The zero-order chi connectivity index (χ0) is 22.2. The molecule has 5 rings (SSSR count). The van der Waals surface area contributed by atoms with Gasteiger partial charge in [0.2, 0.25) is 5.91 Å². The normalized spacial score (nSPS) is 14.9. The number of nitro benzene ring substituents is 1. The highest BCUT2D eigenvalue weighted by Gasteiger charge is 2.29. The van der Waals surface area contributed by atoms with Crippen molar-refractivity contribution in [2.45, 2.75) is 17.6 Å². The fourth-order valence-electron chi connectivity index (χ4n) is 3.63. The molecule has 1 atom stereocenters. The van der Waals surface area contributed by atoms with Crippen LogP contribution in [0.5, 0.6) is 0 Å². The third kappa shape index (κ3) is 3.52. The van der Waals surface area contributed by atoms with Gasteiger partial charge in [0.1, 0.15) is 5.39 Å². The number of carbonyl (C=O) groups is 1.